The Morgan fingerprint density at radius 1 is 1.09 bits per heavy atom. The van der Waals surface area contributed by atoms with Gasteiger partial charge in [0, 0.05) is 5.56 Å². The van der Waals surface area contributed by atoms with Crippen molar-refractivity contribution in [2.75, 3.05) is 6.61 Å². The van der Waals surface area contributed by atoms with Crippen LogP contribution < -0.4 is 10.5 Å². The minimum atomic E-state index is -3.27. The molecule has 1 aliphatic heterocycles. The molecule has 2 N–H and O–H groups in total. The Labute approximate surface area is 184 Å². The van der Waals surface area contributed by atoms with Crippen molar-refractivity contribution in [3.05, 3.63) is 89.5 Å². The lowest BCUT2D eigenvalue weighted by molar-refractivity contribution is -0.0787. The van der Waals surface area contributed by atoms with E-state index in [4.69, 9.17) is 15.2 Å². The molecule has 3 aromatic carbocycles. The number of halogens is 2. The fourth-order valence-corrected chi connectivity index (χ4v) is 3.60. The zero-order chi connectivity index (χ0) is 22.7. The molecule has 2 atom stereocenters. The van der Waals surface area contributed by atoms with Gasteiger partial charge in [-0.05, 0) is 47.9 Å². The van der Waals surface area contributed by atoms with E-state index in [1.54, 1.807) is 36.4 Å². The number of ether oxygens (including phenoxy) is 2. The van der Waals surface area contributed by atoms with Crippen LogP contribution in [0.2, 0.25) is 0 Å². The second-order valence-electron chi connectivity index (χ2n) is 7.54. The van der Waals surface area contributed by atoms with Crippen LogP contribution in [0.1, 0.15) is 35.8 Å². The van der Waals surface area contributed by atoms with Gasteiger partial charge in [0.1, 0.15) is 11.9 Å². The highest BCUT2D eigenvalue weighted by Crippen LogP contribution is 2.43. The van der Waals surface area contributed by atoms with Gasteiger partial charge in [-0.2, -0.15) is 5.26 Å². The van der Waals surface area contributed by atoms with Crippen molar-refractivity contribution in [3.8, 4) is 22.9 Å². The van der Waals surface area contributed by atoms with Crippen molar-refractivity contribution in [2.24, 2.45) is 10.7 Å². The van der Waals surface area contributed by atoms with Crippen molar-refractivity contribution in [2.45, 2.75) is 25.0 Å². The first kappa shape index (κ1) is 21.3. The van der Waals surface area contributed by atoms with E-state index in [0.717, 1.165) is 11.1 Å². The van der Waals surface area contributed by atoms with Crippen molar-refractivity contribution in [3.63, 3.8) is 0 Å². The smallest absolute Gasteiger partial charge is 0.307 e. The van der Waals surface area contributed by atoms with E-state index < -0.39 is 18.6 Å². The lowest BCUT2D eigenvalue weighted by Crippen LogP contribution is -2.39. The van der Waals surface area contributed by atoms with Crippen LogP contribution in [0.15, 0.2) is 77.8 Å². The SMILES string of the molecule is CC(Oc1ccc(-c2cccc(C#N)c2)cc1C1N=C(N)OCC1(F)F)c1ccccc1. The third-order valence-electron chi connectivity index (χ3n) is 5.27. The Hall–Kier alpha value is -3.92. The number of amidine groups is 1. The van der Waals surface area contributed by atoms with Gasteiger partial charge < -0.3 is 15.2 Å². The summed E-state index contributed by atoms with van der Waals surface area (Å²) in [7, 11) is 0. The molecule has 0 bridgehead atoms. The van der Waals surface area contributed by atoms with Crippen LogP contribution in [0, 0.1) is 11.3 Å². The monoisotopic (exact) mass is 433 g/mol. The minimum Gasteiger partial charge on any atom is -0.486 e. The van der Waals surface area contributed by atoms with Gasteiger partial charge in [-0.15, -0.1) is 0 Å². The highest BCUT2D eigenvalue weighted by Gasteiger charge is 2.46. The molecule has 5 nitrogen and oxygen atoms in total. The third kappa shape index (κ3) is 4.40. The normalized spacial score (nSPS) is 18.1. The topological polar surface area (TPSA) is 80.6 Å². The van der Waals surface area contributed by atoms with Gasteiger partial charge in [-0.1, -0.05) is 48.5 Å². The maximum absolute atomic E-state index is 14.8. The average Bonchev–Trinajstić information content (AvgIpc) is 2.81. The second kappa shape index (κ2) is 8.67. The molecule has 0 amide bonds. The maximum atomic E-state index is 14.8. The minimum absolute atomic E-state index is 0.198. The summed E-state index contributed by atoms with van der Waals surface area (Å²) in [6.45, 7) is 0.984. The first-order valence-corrected chi connectivity index (χ1v) is 10.1. The molecular formula is C25H21F2N3O2. The molecule has 162 valence electrons. The fraction of sp³-hybridized carbons (Fsp3) is 0.200. The second-order valence-corrected chi connectivity index (χ2v) is 7.54. The molecule has 3 aromatic rings. The van der Waals surface area contributed by atoms with Crippen molar-refractivity contribution in [1.82, 2.24) is 0 Å². The van der Waals surface area contributed by atoms with E-state index >= 15 is 0 Å². The number of hydrogen-bond acceptors (Lipinski definition) is 5. The molecule has 7 heteroatoms. The fourth-order valence-electron chi connectivity index (χ4n) is 3.60. The van der Waals surface area contributed by atoms with E-state index in [-0.39, 0.29) is 23.4 Å². The Morgan fingerprint density at radius 2 is 1.84 bits per heavy atom. The summed E-state index contributed by atoms with van der Waals surface area (Å²) in [5.74, 6) is -2.99. The van der Waals surface area contributed by atoms with E-state index in [1.165, 1.54) is 0 Å². The predicted octanol–water partition coefficient (Wildman–Crippen LogP) is 5.39. The number of alkyl halides is 2. The highest BCUT2D eigenvalue weighted by molar-refractivity contribution is 5.73. The third-order valence-corrected chi connectivity index (χ3v) is 5.27. The standard InChI is InChI=1S/C25H21F2N3O2/c1-16(18-7-3-2-4-8-18)32-22-11-10-20(19-9-5-6-17(12-19)14-28)13-21(22)23-25(26,27)15-31-24(29)30-23/h2-13,16,23H,15H2,1H3,(H2,29,30). The van der Waals surface area contributed by atoms with Crippen LogP contribution in [0.3, 0.4) is 0 Å². The van der Waals surface area contributed by atoms with E-state index in [2.05, 4.69) is 11.1 Å². The van der Waals surface area contributed by atoms with Gasteiger partial charge in [0.25, 0.3) is 6.02 Å². The number of aliphatic imine (C=N–C) groups is 1. The van der Waals surface area contributed by atoms with E-state index in [1.807, 2.05) is 43.3 Å². The summed E-state index contributed by atoms with van der Waals surface area (Å²) >= 11 is 0. The summed E-state index contributed by atoms with van der Waals surface area (Å²) in [5, 5.41) is 9.20. The van der Waals surface area contributed by atoms with Gasteiger partial charge in [-0.25, -0.2) is 13.8 Å². The molecule has 32 heavy (non-hydrogen) atoms. The van der Waals surface area contributed by atoms with Crippen molar-refractivity contribution < 1.29 is 18.3 Å². The van der Waals surface area contributed by atoms with Crippen LogP contribution in [-0.2, 0) is 4.74 Å². The Bertz CT molecular complexity index is 1190. The number of benzene rings is 3. The number of nitriles is 1. The lowest BCUT2D eigenvalue weighted by Gasteiger charge is -2.30. The van der Waals surface area contributed by atoms with E-state index in [9.17, 15) is 14.0 Å². The van der Waals surface area contributed by atoms with Gasteiger partial charge >= 0.3 is 5.92 Å². The molecule has 0 radical (unpaired) electrons. The summed E-state index contributed by atoms with van der Waals surface area (Å²) in [5.41, 5.74) is 8.59. The molecule has 1 heterocycles. The van der Waals surface area contributed by atoms with Crippen LogP contribution >= 0.6 is 0 Å². The van der Waals surface area contributed by atoms with Gasteiger partial charge in [0.05, 0.1) is 11.6 Å². The largest absolute Gasteiger partial charge is 0.486 e. The van der Waals surface area contributed by atoms with Crippen LogP contribution in [0.5, 0.6) is 5.75 Å². The van der Waals surface area contributed by atoms with Crippen LogP contribution in [0.4, 0.5) is 8.78 Å². The lowest BCUT2D eigenvalue weighted by atomic mass is 9.94. The van der Waals surface area contributed by atoms with Crippen LogP contribution in [-0.4, -0.2) is 18.6 Å². The zero-order valence-electron chi connectivity index (χ0n) is 17.3. The first-order valence-electron chi connectivity index (χ1n) is 10.1. The molecule has 1 aliphatic rings. The molecule has 0 fully saturated rings. The number of hydrogen-bond donors (Lipinski definition) is 1. The number of rotatable bonds is 5. The van der Waals surface area contributed by atoms with Crippen molar-refractivity contribution in [1.29, 1.82) is 5.26 Å². The highest BCUT2D eigenvalue weighted by atomic mass is 19.3. The predicted molar refractivity (Wildman–Crippen MR) is 117 cm³/mol. The Balaban J connectivity index is 1.80. The van der Waals surface area contributed by atoms with E-state index in [0.29, 0.717) is 11.1 Å². The summed E-state index contributed by atoms with van der Waals surface area (Å²) in [6.07, 6.45) is -0.377. The molecular weight excluding hydrogens is 412 g/mol. The summed E-state index contributed by atoms with van der Waals surface area (Å²) in [4.78, 5) is 3.90. The zero-order valence-corrected chi connectivity index (χ0v) is 17.3. The molecule has 0 aliphatic carbocycles. The molecule has 0 saturated heterocycles. The molecule has 2 unspecified atom stereocenters. The van der Waals surface area contributed by atoms with Gasteiger partial charge in [0.2, 0.25) is 0 Å². The molecule has 0 saturated carbocycles. The van der Waals surface area contributed by atoms with Crippen LogP contribution in [0.25, 0.3) is 11.1 Å². The average molecular weight is 433 g/mol. The molecule has 0 spiro atoms. The van der Waals surface area contributed by atoms with Gasteiger partial charge in [0.15, 0.2) is 12.6 Å². The van der Waals surface area contributed by atoms with Gasteiger partial charge in [-0.3, -0.25) is 0 Å². The first-order chi connectivity index (χ1) is 15.4. The summed E-state index contributed by atoms with van der Waals surface area (Å²) in [6, 6.07) is 21.7. The summed E-state index contributed by atoms with van der Waals surface area (Å²) < 4.78 is 40.6. The number of nitrogens with zero attached hydrogens (tertiary/aromatic N) is 2. The maximum Gasteiger partial charge on any atom is 0.307 e. The molecule has 4 rings (SSSR count). The Kier molecular flexibility index (Phi) is 5.78. The molecule has 0 aromatic heterocycles. The Morgan fingerprint density at radius 3 is 2.59 bits per heavy atom. The number of nitrogens with two attached hydrogens (primary N) is 1. The quantitative estimate of drug-likeness (QED) is 0.585. The van der Waals surface area contributed by atoms with Crippen molar-refractivity contribution >= 4 is 6.02 Å².